The van der Waals surface area contributed by atoms with Crippen LogP contribution >= 0.6 is 0 Å². The van der Waals surface area contributed by atoms with Crippen LogP contribution in [-0.4, -0.2) is 13.2 Å². The smallest absolute Gasteiger partial charge is 0.119 e. The fourth-order valence-electron chi connectivity index (χ4n) is 2.82. The quantitative estimate of drug-likeness (QED) is 0.496. The van der Waals surface area contributed by atoms with Crippen LogP contribution in [-0.2, 0) is 11.3 Å². The van der Waals surface area contributed by atoms with E-state index in [2.05, 4.69) is 43.8 Å². The topological polar surface area (TPSA) is 18.5 Å². The van der Waals surface area contributed by atoms with Crippen LogP contribution in [0.3, 0.4) is 0 Å². The van der Waals surface area contributed by atoms with Gasteiger partial charge in [0.05, 0.1) is 13.2 Å². The lowest BCUT2D eigenvalue weighted by molar-refractivity contribution is 0.121. The Morgan fingerprint density at radius 3 is 2.48 bits per heavy atom. The Bertz CT molecular complexity index is 402. The molecule has 1 aliphatic carbocycles. The van der Waals surface area contributed by atoms with Crippen LogP contribution in [0.2, 0.25) is 0 Å². The van der Waals surface area contributed by atoms with Crippen molar-refractivity contribution in [1.29, 1.82) is 0 Å². The fraction of sp³-hybridized carbons (Fsp3) is 0.579. The molecule has 2 rings (SSSR count). The standard InChI is InChI=1S/C19H28O2/c1-3-13-20-14-17-9-11-19(12-10-17)21-15-18-7-5-16(4-2)6-8-18/h4,9-12,16,18H,2-3,5-8,13-15H2,1H3/t16-,18-. The van der Waals surface area contributed by atoms with E-state index >= 15 is 0 Å². The molecule has 21 heavy (non-hydrogen) atoms. The highest BCUT2D eigenvalue weighted by Gasteiger charge is 2.19. The highest BCUT2D eigenvalue weighted by atomic mass is 16.5. The van der Waals surface area contributed by atoms with E-state index in [0.29, 0.717) is 12.5 Å². The summed E-state index contributed by atoms with van der Waals surface area (Å²) < 4.78 is 11.5. The van der Waals surface area contributed by atoms with Crippen molar-refractivity contribution >= 4 is 0 Å². The van der Waals surface area contributed by atoms with Crippen molar-refractivity contribution in [3.8, 4) is 5.75 Å². The zero-order chi connectivity index (χ0) is 14.9. The molecule has 0 unspecified atom stereocenters. The largest absolute Gasteiger partial charge is 0.493 e. The molecule has 0 bridgehead atoms. The third-order valence-corrected chi connectivity index (χ3v) is 4.25. The van der Waals surface area contributed by atoms with Gasteiger partial charge < -0.3 is 9.47 Å². The van der Waals surface area contributed by atoms with E-state index in [1.807, 2.05) is 0 Å². The van der Waals surface area contributed by atoms with E-state index < -0.39 is 0 Å². The summed E-state index contributed by atoms with van der Waals surface area (Å²) in [7, 11) is 0. The average Bonchev–Trinajstić information content (AvgIpc) is 2.55. The van der Waals surface area contributed by atoms with Crippen LogP contribution in [0.25, 0.3) is 0 Å². The van der Waals surface area contributed by atoms with Crippen molar-refractivity contribution in [1.82, 2.24) is 0 Å². The molecular weight excluding hydrogens is 260 g/mol. The second-order valence-corrected chi connectivity index (χ2v) is 6.02. The van der Waals surface area contributed by atoms with Crippen LogP contribution in [0.5, 0.6) is 5.75 Å². The third kappa shape index (κ3) is 5.55. The molecule has 0 amide bonds. The first-order chi connectivity index (χ1) is 10.3. The Balaban J connectivity index is 1.70. The van der Waals surface area contributed by atoms with Gasteiger partial charge in [-0.3, -0.25) is 0 Å². The molecule has 0 saturated heterocycles. The molecule has 1 aromatic rings. The molecule has 1 aliphatic rings. The number of hydrogen-bond acceptors (Lipinski definition) is 2. The molecule has 1 aromatic carbocycles. The maximum absolute atomic E-state index is 5.93. The first-order valence-corrected chi connectivity index (χ1v) is 8.24. The van der Waals surface area contributed by atoms with Gasteiger partial charge in [0.15, 0.2) is 0 Å². The molecule has 0 aliphatic heterocycles. The van der Waals surface area contributed by atoms with E-state index in [1.54, 1.807) is 0 Å². The third-order valence-electron chi connectivity index (χ3n) is 4.25. The lowest BCUT2D eigenvalue weighted by atomic mass is 9.82. The molecule has 0 heterocycles. The summed E-state index contributed by atoms with van der Waals surface area (Å²) in [6.45, 7) is 8.38. The van der Waals surface area contributed by atoms with Crippen molar-refractivity contribution in [2.75, 3.05) is 13.2 Å². The average molecular weight is 288 g/mol. The minimum Gasteiger partial charge on any atom is -0.493 e. The number of benzene rings is 1. The predicted molar refractivity (Wildman–Crippen MR) is 87.5 cm³/mol. The van der Waals surface area contributed by atoms with Gasteiger partial charge in [-0.15, -0.1) is 6.58 Å². The zero-order valence-electron chi connectivity index (χ0n) is 13.2. The van der Waals surface area contributed by atoms with Gasteiger partial charge in [0.25, 0.3) is 0 Å². The Hall–Kier alpha value is -1.28. The van der Waals surface area contributed by atoms with E-state index in [-0.39, 0.29) is 0 Å². The minimum atomic E-state index is 0.694. The van der Waals surface area contributed by atoms with Crippen LogP contribution < -0.4 is 4.74 Å². The highest BCUT2D eigenvalue weighted by Crippen LogP contribution is 2.29. The zero-order valence-corrected chi connectivity index (χ0v) is 13.2. The SMILES string of the molecule is C=C[C@H]1CC[C@H](COc2ccc(COCCC)cc2)CC1. The Labute approximate surface area is 129 Å². The van der Waals surface area contributed by atoms with E-state index in [4.69, 9.17) is 9.47 Å². The monoisotopic (exact) mass is 288 g/mol. The second-order valence-electron chi connectivity index (χ2n) is 6.02. The Kier molecular flexibility index (Phi) is 6.81. The Morgan fingerprint density at radius 2 is 1.86 bits per heavy atom. The van der Waals surface area contributed by atoms with Gasteiger partial charge in [0, 0.05) is 6.61 Å². The van der Waals surface area contributed by atoms with Crippen LogP contribution in [0, 0.1) is 11.8 Å². The summed E-state index contributed by atoms with van der Waals surface area (Å²) in [5, 5.41) is 0. The summed E-state index contributed by atoms with van der Waals surface area (Å²) in [5.74, 6) is 2.40. The van der Waals surface area contributed by atoms with E-state index in [9.17, 15) is 0 Å². The van der Waals surface area contributed by atoms with Crippen molar-refractivity contribution in [2.45, 2.75) is 45.6 Å². The summed E-state index contributed by atoms with van der Waals surface area (Å²) in [6, 6.07) is 8.30. The number of rotatable bonds is 8. The lowest BCUT2D eigenvalue weighted by Gasteiger charge is -2.26. The number of allylic oxidation sites excluding steroid dienone is 1. The summed E-state index contributed by atoms with van der Waals surface area (Å²) in [5.41, 5.74) is 1.21. The first kappa shape index (κ1) is 16.1. The van der Waals surface area contributed by atoms with Gasteiger partial charge in [-0.05, 0) is 61.6 Å². The maximum atomic E-state index is 5.93. The molecule has 0 aromatic heterocycles. The molecular formula is C19H28O2. The summed E-state index contributed by atoms with van der Waals surface area (Å²) in [6.07, 6.45) is 8.24. The molecule has 0 atom stereocenters. The van der Waals surface area contributed by atoms with Crippen molar-refractivity contribution in [3.05, 3.63) is 42.5 Å². The molecule has 0 spiro atoms. The molecule has 1 fully saturated rings. The highest BCUT2D eigenvalue weighted by molar-refractivity contribution is 5.26. The maximum Gasteiger partial charge on any atom is 0.119 e. The number of ether oxygens (including phenoxy) is 2. The second kappa shape index (κ2) is 8.89. The van der Waals surface area contributed by atoms with Gasteiger partial charge in [-0.25, -0.2) is 0 Å². The molecule has 116 valence electrons. The minimum absolute atomic E-state index is 0.694. The normalized spacial score (nSPS) is 22.0. The van der Waals surface area contributed by atoms with Gasteiger partial charge in [-0.1, -0.05) is 25.1 Å². The van der Waals surface area contributed by atoms with Crippen molar-refractivity contribution in [2.24, 2.45) is 11.8 Å². The van der Waals surface area contributed by atoms with E-state index in [1.165, 1.54) is 31.2 Å². The number of hydrogen-bond donors (Lipinski definition) is 0. The lowest BCUT2D eigenvalue weighted by Crippen LogP contribution is -2.19. The molecule has 2 nitrogen and oxygen atoms in total. The first-order valence-electron chi connectivity index (χ1n) is 8.24. The molecule has 0 radical (unpaired) electrons. The summed E-state index contributed by atoms with van der Waals surface area (Å²) in [4.78, 5) is 0. The molecule has 0 N–H and O–H groups in total. The van der Waals surface area contributed by atoms with Crippen LogP contribution in [0.1, 0.15) is 44.6 Å². The van der Waals surface area contributed by atoms with Crippen LogP contribution in [0.15, 0.2) is 36.9 Å². The van der Waals surface area contributed by atoms with Gasteiger partial charge in [0.2, 0.25) is 0 Å². The van der Waals surface area contributed by atoms with Crippen molar-refractivity contribution < 1.29 is 9.47 Å². The van der Waals surface area contributed by atoms with Gasteiger partial charge in [-0.2, -0.15) is 0 Å². The molecule has 1 saturated carbocycles. The van der Waals surface area contributed by atoms with Crippen LogP contribution in [0.4, 0.5) is 0 Å². The van der Waals surface area contributed by atoms with Crippen molar-refractivity contribution in [3.63, 3.8) is 0 Å². The predicted octanol–water partition coefficient (Wildman–Crippen LogP) is 4.98. The fourth-order valence-corrected chi connectivity index (χ4v) is 2.82. The van der Waals surface area contributed by atoms with E-state index in [0.717, 1.165) is 31.3 Å². The van der Waals surface area contributed by atoms with Gasteiger partial charge in [0.1, 0.15) is 5.75 Å². The Morgan fingerprint density at radius 1 is 1.14 bits per heavy atom. The van der Waals surface area contributed by atoms with Gasteiger partial charge >= 0.3 is 0 Å². The summed E-state index contributed by atoms with van der Waals surface area (Å²) >= 11 is 0. The molecule has 2 heteroatoms.